The number of carbonyl (C=O) groups excluding carboxylic acids is 3. The Bertz CT molecular complexity index is 912. The van der Waals surface area contributed by atoms with Gasteiger partial charge in [0.25, 0.3) is 5.91 Å². The van der Waals surface area contributed by atoms with Crippen LogP contribution in [0.4, 0.5) is 5.69 Å². The first kappa shape index (κ1) is 23.1. The highest BCUT2D eigenvalue weighted by Crippen LogP contribution is 2.30. The molecule has 0 unspecified atom stereocenters. The second kappa shape index (κ2) is 10.6. The Kier molecular flexibility index (Phi) is 7.91. The molecule has 2 aliphatic heterocycles. The number of halogens is 1. The van der Waals surface area contributed by atoms with Gasteiger partial charge in [-0.3, -0.25) is 4.79 Å². The SMILES string of the molecule is COC(OC)C1CCN(c2ccc(C(=O)N[C@H]3CCC(=C=O)NC3=C=O)c(Cl)c2)CC1. The van der Waals surface area contributed by atoms with Gasteiger partial charge in [-0.25, -0.2) is 9.59 Å². The van der Waals surface area contributed by atoms with E-state index in [4.69, 9.17) is 21.1 Å². The summed E-state index contributed by atoms with van der Waals surface area (Å²) in [5, 5.41) is 5.77. The molecule has 2 saturated heterocycles. The number of allylic oxidation sites excluding steroid dienone is 1. The molecule has 2 N–H and O–H groups in total. The number of hydrogen-bond donors (Lipinski definition) is 2. The van der Waals surface area contributed by atoms with Crippen LogP contribution in [0.3, 0.4) is 0 Å². The van der Waals surface area contributed by atoms with Crippen LogP contribution < -0.4 is 15.5 Å². The number of hydrogen-bond acceptors (Lipinski definition) is 7. The molecule has 31 heavy (non-hydrogen) atoms. The van der Waals surface area contributed by atoms with E-state index >= 15 is 0 Å². The Morgan fingerprint density at radius 3 is 2.48 bits per heavy atom. The predicted octanol–water partition coefficient (Wildman–Crippen LogP) is 2.09. The molecule has 3 rings (SSSR count). The largest absolute Gasteiger partial charge is 0.371 e. The zero-order valence-electron chi connectivity index (χ0n) is 17.6. The van der Waals surface area contributed by atoms with E-state index in [0.717, 1.165) is 31.6 Å². The molecule has 1 amide bonds. The van der Waals surface area contributed by atoms with Crippen LogP contribution in [0.1, 0.15) is 36.0 Å². The molecule has 1 aromatic rings. The average Bonchev–Trinajstić information content (AvgIpc) is 2.80. The van der Waals surface area contributed by atoms with Crippen LogP contribution in [0.2, 0.25) is 5.02 Å². The summed E-state index contributed by atoms with van der Waals surface area (Å²) >= 11 is 6.42. The first-order valence-corrected chi connectivity index (χ1v) is 10.6. The fraction of sp³-hybridized carbons (Fsp3) is 0.500. The Hall–Kier alpha value is -2.60. The molecule has 0 aliphatic carbocycles. The number of ether oxygens (including phenoxy) is 2. The highest BCUT2D eigenvalue weighted by Gasteiger charge is 2.28. The Morgan fingerprint density at radius 1 is 1.19 bits per heavy atom. The zero-order valence-corrected chi connectivity index (χ0v) is 18.3. The Labute approximate surface area is 186 Å². The number of rotatable bonds is 6. The van der Waals surface area contributed by atoms with Gasteiger partial charge in [-0.2, -0.15) is 0 Å². The van der Waals surface area contributed by atoms with Crippen molar-refractivity contribution in [3.8, 4) is 0 Å². The summed E-state index contributed by atoms with van der Waals surface area (Å²) in [6, 6.07) is 4.77. The number of methoxy groups -OCH3 is 2. The van der Waals surface area contributed by atoms with Crippen LogP contribution >= 0.6 is 11.6 Å². The Balaban J connectivity index is 1.64. The van der Waals surface area contributed by atoms with Gasteiger partial charge >= 0.3 is 0 Å². The van der Waals surface area contributed by atoms with E-state index in [1.807, 2.05) is 6.07 Å². The maximum atomic E-state index is 12.7. The summed E-state index contributed by atoms with van der Waals surface area (Å²) in [5.41, 5.74) is 1.65. The second-order valence-electron chi connectivity index (χ2n) is 7.61. The van der Waals surface area contributed by atoms with Crippen molar-refractivity contribution in [2.45, 2.75) is 38.0 Å². The van der Waals surface area contributed by atoms with Gasteiger partial charge in [0.2, 0.25) is 0 Å². The normalized spacial score (nSPS) is 19.6. The lowest BCUT2D eigenvalue weighted by Crippen LogP contribution is -2.43. The minimum absolute atomic E-state index is 0.110. The molecule has 0 radical (unpaired) electrons. The molecule has 2 heterocycles. The van der Waals surface area contributed by atoms with E-state index in [9.17, 15) is 14.4 Å². The van der Waals surface area contributed by atoms with Crippen LogP contribution in [-0.4, -0.2) is 57.4 Å². The van der Waals surface area contributed by atoms with Crippen molar-refractivity contribution in [2.24, 2.45) is 5.92 Å². The first-order valence-electron chi connectivity index (χ1n) is 10.2. The van der Waals surface area contributed by atoms with Gasteiger partial charge in [0.05, 0.1) is 16.6 Å². The smallest absolute Gasteiger partial charge is 0.253 e. The molecule has 0 saturated carbocycles. The molecule has 0 spiro atoms. The first-order chi connectivity index (χ1) is 15.0. The standard InChI is InChI=1S/C22H26ClN3O5/c1-30-22(31-2)14-7-9-26(10-8-14)16-4-5-17(18(23)11-16)21(29)25-19-6-3-15(12-27)24-20(19)13-28/h4-5,11,14,19,22,24H,3,6-10H2,1-2H3,(H,25,29)/t19-/m0/s1. The summed E-state index contributed by atoms with van der Waals surface area (Å²) in [7, 11) is 3.30. The molecule has 166 valence electrons. The van der Waals surface area contributed by atoms with Crippen LogP contribution in [-0.2, 0) is 19.1 Å². The predicted molar refractivity (Wildman–Crippen MR) is 116 cm³/mol. The molecule has 1 aromatic carbocycles. The summed E-state index contributed by atoms with van der Waals surface area (Å²) in [4.78, 5) is 36.9. The van der Waals surface area contributed by atoms with Gasteiger partial charge in [0.15, 0.2) is 6.29 Å². The lowest BCUT2D eigenvalue weighted by molar-refractivity contribution is -0.141. The van der Waals surface area contributed by atoms with E-state index in [0.29, 0.717) is 29.3 Å². The van der Waals surface area contributed by atoms with Gasteiger partial charge in [-0.15, -0.1) is 0 Å². The highest BCUT2D eigenvalue weighted by atomic mass is 35.5. The van der Waals surface area contributed by atoms with Crippen molar-refractivity contribution >= 4 is 35.1 Å². The third kappa shape index (κ3) is 5.37. The molecule has 2 fully saturated rings. The van der Waals surface area contributed by atoms with Crippen LogP contribution in [0, 0.1) is 5.92 Å². The zero-order chi connectivity index (χ0) is 22.4. The van der Waals surface area contributed by atoms with Crippen LogP contribution in [0.5, 0.6) is 0 Å². The molecule has 0 aromatic heterocycles. The minimum Gasteiger partial charge on any atom is -0.371 e. The molecular formula is C22H26ClN3O5. The fourth-order valence-electron chi connectivity index (χ4n) is 4.09. The number of piperidine rings is 2. The molecule has 1 atom stereocenters. The summed E-state index contributed by atoms with van der Waals surface area (Å²) < 4.78 is 10.7. The monoisotopic (exact) mass is 447 g/mol. The molecule has 8 nitrogen and oxygen atoms in total. The average molecular weight is 448 g/mol. The summed E-state index contributed by atoms with van der Waals surface area (Å²) in [6.07, 6.45) is 2.45. The van der Waals surface area contributed by atoms with Gasteiger partial charge in [0.1, 0.15) is 23.3 Å². The number of nitrogens with one attached hydrogen (secondary N) is 2. The van der Waals surface area contributed by atoms with E-state index < -0.39 is 11.9 Å². The second-order valence-corrected chi connectivity index (χ2v) is 8.02. The van der Waals surface area contributed by atoms with E-state index in [1.54, 1.807) is 38.2 Å². The number of amides is 1. The van der Waals surface area contributed by atoms with Gasteiger partial charge < -0.3 is 25.0 Å². The van der Waals surface area contributed by atoms with Crippen molar-refractivity contribution in [1.82, 2.24) is 10.6 Å². The maximum Gasteiger partial charge on any atom is 0.253 e. The number of anilines is 1. The molecule has 0 bridgehead atoms. The van der Waals surface area contributed by atoms with Crippen LogP contribution in [0.15, 0.2) is 29.6 Å². The quantitative estimate of drug-likeness (QED) is 0.509. The number of nitrogens with zero attached hydrogens (tertiary/aromatic N) is 1. The van der Waals surface area contributed by atoms with Crippen LogP contribution in [0.25, 0.3) is 0 Å². The van der Waals surface area contributed by atoms with E-state index in [2.05, 4.69) is 15.5 Å². The highest BCUT2D eigenvalue weighted by molar-refractivity contribution is 6.34. The summed E-state index contributed by atoms with van der Waals surface area (Å²) in [6.45, 7) is 1.67. The topological polar surface area (TPSA) is 97.0 Å². The molecular weight excluding hydrogens is 422 g/mol. The maximum absolute atomic E-state index is 12.7. The van der Waals surface area contributed by atoms with Crippen molar-refractivity contribution in [3.63, 3.8) is 0 Å². The minimum atomic E-state index is -0.564. The summed E-state index contributed by atoms with van der Waals surface area (Å²) in [5.74, 6) is 3.43. The van der Waals surface area contributed by atoms with Gasteiger partial charge in [-0.05, 0) is 37.5 Å². The van der Waals surface area contributed by atoms with E-state index in [1.165, 1.54) is 0 Å². The fourth-order valence-corrected chi connectivity index (χ4v) is 4.36. The third-order valence-corrected chi connectivity index (χ3v) is 6.12. The van der Waals surface area contributed by atoms with Crippen molar-refractivity contribution in [1.29, 1.82) is 0 Å². The third-order valence-electron chi connectivity index (χ3n) is 5.81. The van der Waals surface area contributed by atoms with Crippen molar-refractivity contribution in [3.05, 3.63) is 40.2 Å². The van der Waals surface area contributed by atoms with Crippen molar-refractivity contribution < 1.29 is 23.9 Å². The number of benzene rings is 1. The lowest BCUT2D eigenvalue weighted by Gasteiger charge is -2.36. The number of carbonyl (C=O) groups is 1. The van der Waals surface area contributed by atoms with Gasteiger partial charge in [-0.1, -0.05) is 11.6 Å². The molecule has 9 heteroatoms. The van der Waals surface area contributed by atoms with Gasteiger partial charge in [0, 0.05) is 45.3 Å². The lowest BCUT2D eigenvalue weighted by atomic mass is 9.95. The van der Waals surface area contributed by atoms with E-state index in [-0.39, 0.29) is 17.7 Å². The van der Waals surface area contributed by atoms with Crippen molar-refractivity contribution in [2.75, 3.05) is 32.2 Å². The molecule has 2 aliphatic rings. The Morgan fingerprint density at radius 2 is 1.90 bits per heavy atom.